The van der Waals surface area contributed by atoms with Crippen LogP contribution in [0.3, 0.4) is 0 Å². The number of fused-ring (bicyclic) bond motifs is 7. The molecule has 4 saturated carbocycles. The number of carbonyl (C=O) groups is 1. The topological polar surface area (TPSA) is 374 Å². The zero-order valence-electron chi connectivity index (χ0n) is 45.4. The van der Waals surface area contributed by atoms with Crippen molar-refractivity contribution in [2.75, 3.05) is 19.8 Å². The summed E-state index contributed by atoms with van der Waals surface area (Å²) in [5, 5.41) is 153. The van der Waals surface area contributed by atoms with E-state index < -0.39 is 160 Å². The molecule has 23 nitrogen and oxygen atoms in total. The van der Waals surface area contributed by atoms with E-state index in [9.17, 15) is 76.3 Å². The summed E-state index contributed by atoms with van der Waals surface area (Å²) in [5.41, 5.74) is -0.388. The fourth-order valence-electron chi connectivity index (χ4n) is 16.5. The molecule has 8 fully saturated rings. The number of aliphatic carboxylic acids is 1. The molecule has 0 spiro atoms. The molecule has 0 bridgehead atoms. The summed E-state index contributed by atoms with van der Waals surface area (Å²) in [6, 6.07) is 0. The first kappa shape index (κ1) is 60.0. The van der Waals surface area contributed by atoms with Crippen molar-refractivity contribution in [3.8, 4) is 0 Å². The van der Waals surface area contributed by atoms with Crippen LogP contribution in [-0.2, 0) is 42.7 Å². The molecule has 0 aromatic carbocycles. The van der Waals surface area contributed by atoms with Crippen LogP contribution in [0.2, 0.25) is 0 Å². The Bertz CT molecular complexity index is 2130. The molecule has 442 valence electrons. The maximum absolute atomic E-state index is 12.7. The molecule has 0 radical (unpaired) electrons. The normalized spacial score (nSPS) is 55.7. The van der Waals surface area contributed by atoms with E-state index in [0.29, 0.717) is 19.3 Å². The minimum Gasteiger partial charge on any atom is -0.479 e. The predicted octanol–water partition coefficient (Wildman–Crippen LogP) is -1.47. The van der Waals surface area contributed by atoms with Crippen LogP contribution in [0.4, 0.5) is 0 Å². The Hall–Kier alpha value is -1.63. The minimum atomic E-state index is -2.16. The number of rotatable bonds is 12. The molecule has 14 N–H and O–H groups in total. The number of carboxylic acids is 1. The Balaban J connectivity index is 1.00. The van der Waals surface area contributed by atoms with E-state index in [1.54, 1.807) is 0 Å². The summed E-state index contributed by atoms with van der Waals surface area (Å²) in [6.07, 6.45) is -28.5. The number of aliphatic hydroxyl groups is 13. The molecular formula is C54H88O23. The van der Waals surface area contributed by atoms with Gasteiger partial charge in [-0.3, -0.25) is 0 Å². The first-order chi connectivity index (χ1) is 35.9. The van der Waals surface area contributed by atoms with Crippen LogP contribution in [-0.4, -0.2) is 232 Å². The Morgan fingerprint density at radius 1 is 0.597 bits per heavy atom. The monoisotopic (exact) mass is 1100 g/mol. The van der Waals surface area contributed by atoms with Gasteiger partial charge < -0.3 is 109 Å². The molecule has 4 heterocycles. The number of hydrogen-bond donors (Lipinski definition) is 14. The fourth-order valence-corrected chi connectivity index (χ4v) is 16.5. The van der Waals surface area contributed by atoms with Gasteiger partial charge in [-0.25, -0.2) is 4.79 Å². The van der Waals surface area contributed by atoms with Gasteiger partial charge in [0.1, 0.15) is 85.5 Å². The van der Waals surface area contributed by atoms with Crippen molar-refractivity contribution in [3.05, 3.63) is 11.6 Å². The first-order valence-corrected chi connectivity index (χ1v) is 27.8. The van der Waals surface area contributed by atoms with Crippen molar-refractivity contribution >= 4 is 5.97 Å². The Morgan fingerprint density at radius 2 is 1.19 bits per heavy atom. The molecule has 30 atom stereocenters. The fraction of sp³-hybridized carbons (Fsp3) is 0.944. The maximum Gasteiger partial charge on any atom is 0.335 e. The summed E-state index contributed by atoms with van der Waals surface area (Å²) in [7, 11) is 0. The first-order valence-electron chi connectivity index (χ1n) is 27.8. The van der Waals surface area contributed by atoms with Crippen molar-refractivity contribution in [2.45, 2.75) is 248 Å². The van der Waals surface area contributed by atoms with Crippen LogP contribution in [0.5, 0.6) is 0 Å². The van der Waals surface area contributed by atoms with Crippen LogP contribution in [0, 0.1) is 50.2 Å². The number of hydrogen-bond acceptors (Lipinski definition) is 22. The molecule has 9 aliphatic rings. The highest BCUT2D eigenvalue weighted by Gasteiger charge is 2.70. The molecule has 0 aromatic heterocycles. The molecule has 0 aromatic rings. The second-order valence-electron chi connectivity index (χ2n) is 26.5. The van der Waals surface area contributed by atoms with E-state index in [1.165, 1.54) is 12.5 Å². The summed E-state index contributed by atoms with van der Waals surface area (Å²) in [4.78, 5) is 12.7. The predicted molar refractivity (Wildman–Crippen MR) is 263 cm³/mol. The number of ether oxygens (including phenoxy) is 8. The van der Waals surface area contributed by atoms with Crippen LogP contribution >= 0.6 is 0 Å². The van der Waals surface area contributed by atoms with Crippen molar-refractivity contribution < 1.29 is 114 Å². The molecule has 4 aliphatic heterocycles. The largest absolute Gasteiger partial charge is 0.479 e. The highest BCUT2D eigenvalue weighted by molar-refractivity contribution is 5.73. The van der Waals surface area contributed by atoms with Gasteiger partial charge in [0.25, 0.3) is 0 Å². The van der Waals surface area contributed by atoms with E-state index in [2.05, 4.69) is 47.6 Å². The van der Waals surface area contributed by atoms with Gasteiger partial charge in [-0.15, -0.1) is 0 Å². The summed E-state index contributed by atoms with van der Waals surface area (Å²) in [6.45, 7) is 15.3. The van der Waals surface area contributed by atoms with Gasteiger partial charge in [-0.1, -0.05) is 60.1 Å². The third-order valence-corrected chi connectivity index (χ3v) is 21.6. The third-order valence-electron chi connectivity index (χ3n) is 21.6. The Labute approximate surface area is 449 Å². The lowest BCUT2D eigenvalue weighted by Gasteiger charge is -2.72. The molecule has 0 unspecified atom stereocenters. The van der Waals surface area contributed by atoms with Gasteiger partial charge in [0.05, 0.1) is 38.1 Å². The number of allylic oxidation sites excluding steroid dienone is 2. The summed E-state index contributed by atoms with van der Waals surface area (Å²) < 4.78 is 48.1. The molecule has 0 amide bonds. The average Bonchev–Trinajstić information content (AvgIpc) is 3.51. The van der Waals surface area contributed by atoms with Gasteiger partial charge in [0, 0.05) is 10.8 Å². The molecular weight excluding hydrogens is 1020 g/mol. The maximum atomic E-state index is 12.7. The zero-order chi connectivity index (χ0) is 56.4. The van der Waals surface area contributed by atoms with Crippen LogP contribution in [0.1, 0.15) is 113 Å². The van der Waals surface area contributed by atoms with E-state index in [4.69, 9.17) is 37.9 Å². The summed E-state index contributed by atoms with van der Waals surface area (Å²) >= 11 is 0. The standard InChI is InChI=1S/C54H88O23/c1-22-31(58)34(61)40(67)46(71-22)76-42-36(63)33(60)26(20-70-45-39(66)35(62)32(59)25(19-55)72-45)73-47(42)77-43-38(65)37(64)41(44(68)69)75-48(43)74-30-12-13-51(5)27(52(30,6)21-56)11-14-54(8)28(51)10-9-23-24-17-49(2,3)18-29(57)50(24,4)15-16-53(23,54)7/h9,22,24-43,45-48,55-67H,10-21H2,1-8H3,(H,68,69)/t22-,24-,25+,26+,27+,28+,29+,30-,31-,32+,33-,34+,35-,36-,37-,38-,39+,40+,41-,42+,43+,45+,46-,47-,48+,50+,51-,52+,53+,54+/m0/s1. The highest BCUT2D eigenvalue weighted by atomic mass is 16.8. The SMILES string of the molecule is C[C@@H]1O[C@@H](O[C@H]2[C@H](O[C@H]3[C@H](O[C@H]4CC[C@@]5(C)[C@@H](CC[C@]6(C)[C@@H]5CC=C5[C@@H]7CC(C)(C)C[C@@H](O)[C@]7(C)CC[C@]56C)[C@@]4(C)CO)O[C@H](C(=O)O)[C@@H](O)[C@@H]3O)O[C@H](CO[C@@H]3O[C@H](CO)[C@@H](O)[C@H](O)[C@H]3O)[C@H](O)[C@@H]2O)[C@H](O)[C@H](O)[C@H]1O. The highest BCUT2D eigenvalue weighted by Crippen LogP contribution is 2.76. The minimum absolute atomic E-state index is 0.0155. The molecule has 77 heavy (non-hydrogen) atoms. The van der Waals surface area contributed by atoms with Gasteiger partial charge >= 0.3 is 5.97 Å². The van der Waals surface area contributed by atoms with Crippen LogP contribution in [0.25, 0.3) is 0 Å². The van der Waals surface area contributed by atoms with Gasteiger partial charge in [-0.05, 0) is 104 Å². The van der Waals surface area contributed by atoms with E-state index in [-0.39, 0.29) is 51.4 Å². The van der Waals surface area contributed by atoms with Crippen molar-refractivity contribution in [1.82, 2.24) is 0 Å². The van der Waals surface area contributed by atoms with Gasteiger partial charge in [-0.2, -0.15) is 0 Å². The second-order valence-corrected chi connectivity index (χ2v) is 26.5. The lowest BCUT2D eigenvalue weighted by atomic mass is 9.33. The smallest absolute Gasteiger partial charge is 0.335 e. The third kappa shape index (κ3) is 9.80. The Morgan fingerprint density at radius 3 is 1.84 bits per heavy atom. The Kier molecular flexibility index (Phi) is 16.8. The van der Waals surface area contributed by atoms with Crippen molar-refractivity contribution in [2.24, 2.45) is 50.2 Å². The van der Waals surface area contributed by atoms with Gasteiger partial charge in [0.15, 0.2) is 31.3 Å². The molecule has 4 saturated heterocycles. The molecule has 23 heteroatoms. The number of aliphatic hydroxyl groups excluding tert-OH is 13. The van der Waals surface area contributed by atoms with Crippen molar-refractivity contribution in [3.63, 3.8) is 0 Å². The number of carboxylic acid groups (broad SMARTS) is 1. The lowest BCUT2D eigenvalue weighted by molar-refractivity contribution is -0.399. The van der Waals surface area contributed by atoms with Crippen molar-refractivity contribution in [1.29, 1.82) is 0 Å². The van der Waals surface area contributed by atoms with E-state index in [0.717, 1.165) is 38.5 Å². The quantitative estimate of drug-likeness (QED) is 0.0783. The molecule has 9 rings (SSSR count). The van der Waals surface area contributed by atoms with E-state index in [1.807, 2.05) is 6.92 Å². The van der Waals surface area contributed by atoms with E-state index >= 15 is 0 Å². The van der Waals surface area contributed by atoms with Crippen LogP contribution in [0.15, 0.2) is 11.6 Å². The average molecular weight is 1110 g/mol. The van der Waals surface area contributed by atoms with Gasteiger partial charge in [0.2, 0.25) is 0 Å². The molecule has 5 aliphatic carbocycles. The lowest BCUT2D eigenvalue weighted by Crippen LogP contribution is -2.68. The second kappa shape index (κ2) is 21.5. The summed E-state index contributed by atoms with van der Waals surface area (Å²) in [5.74, 6) is -1.37. The van der Waals surface area contributed by atoms with Crippen LogP contribution < -0.4 is 0 Å². The zero-order valence-corrected chi connectivity index (χ0v) is 45.4.